The van der Waals surface area contributed by atoms with E-state index in [1.165, 1.54) is 25.9 Å². The Kier molecular flexibility index (Phi) is 8.07. The van der Waals surface area contributed by atoms with Gasteiger partial charge in [-0.05, 0) is 51.7 Å². The molecule has 4 heteroatoms. The summed E-state index contributed by atoms with van der Waals surface area (Å²) < 4.78 is 0. The molecule has 0 aromatic heterocycles. The highest BCUT2D eigenvalue weighted by atomic mass is 16.2. The van der Waals surface area contributed by atoms with Gasteiger partial charge in [-0.15, -0.1) is 0 Å². The average molecular weight is 269 g/mol. The first-order valence-electron chi connectivity index (χ1n) is 7.87. The first-order chi connectivity index (χ1) is 9.13. The summed E-state index contributed by atoms with van der Waals surface area (Å²) in [5.74, 6) is 0.728. The number of unbranched alkanes of at least 4 members (excludes halogenated alkanes) is 1. The maximum atomic E-state index is 11.8. The van der Waals surface area contributed by atoms with E-state index in [0.717, 1.165) is 32.5 Å². The predicted molar refractivity (Wildman–Crippen MR) is 80.2 cm³/mol. The number of carbonyl (C=O) groups is 1. The molecule has 1 heterocycles. The van der Waals surface area contributed by atoms with Crippen LogP contribution in [0.5, 0.6) is 0 Å². The van der Waals surface area contributed by atoms with E-state index < -0.39 is 0 Å². The van der Waals surface area contributed by atoms with Gasteiger partial charge in [0.25, 0.3) is 0 Å². The maximum absolute atomic E-state index is 11.8. The summed E-state index contributed by atoms with van der Waals surface area (Å²) in [6, 6.07) is -0.0853. The Labute approximate surface area is 118 Å². The van der Waals surface area contributed by atoms with E-state index in [4.69, 9.17) is 0 Å². The minimum atomic E-state index is -0.0853. The average Bonchev–Trinajstić information content (AvgIpc) is 2.88. The summed E-state index contributed by atoms with van der Waals surface area (Å²) in [5.41, 5.74) is 0. The van der Waals surface area contributed by atoms with Crippen LogP contribution in [-0.2, 0) is 4.79 Å². The first kappa shape index (κ1) is 16.4. The highest BCUT2D eigenvalue weighted by Crippen LogP contribution is 2.09. The van der Waals surface area contributed by atoms with Gasteiger partial charge in [-0.2, -0.15) is 0 Å². The van der Waals surface area contributed by atoms with Crippen LogP contribution in [0.15, 0.2) is 0 Å². The quantitative estimate of drug-likeness (QED) is 0.625. The lowest BCUT2D eigenvalue weighted by molar-refractivity contribution is -0.122. The topological polar surface area (TPSA) is 44.4 Å². The van der Waals surface area contributed by atoms with Crippen molar-refractivity contribution in [2.45, 2.75) is 52.5 Å². The number of hydrogen-bond acceptors (Lipinski definition) is 3. The van der Waals surface area contributed by atoms with Crippen LogP contribution < -0.4 is 10.6 Å². The predicted octanol–water partition coefficient (Wildman–Crippen LogP) is 1.61. The summed E-state index contributed by atoms with van der Waals surface area (Å²) in [6.45, 7) is 11.7. The molecule has 1 rings (SSSR count). The Bertz CT molecular complexity index is 252. The van der Waals surface area contributed by atoms with E-state index in [0.29, 0.717) is 5.92 Å². The number of nitrogens with one attached hydrogen (secondary N) is 2. The maximum Gasteiger partial charge on any atom is 0.236 e. The largest absolute Gasteiger partial charge is 0.355 e. The molecule has 1 aliphatic rings. The van der Waals surface area contributed by atoms with Gasteiger partial charge < -0.3 is 15.5 Å². The highest BCUT2D eigenvalue weighted by molar-refractivity contribution is 5.81. The van der Waals surface area contributed by atoms with Crippen molar-refractivity contribution < 1.29 is 4.79 Å². The van der Waals surface area contributed by atoms with Crippen molar-refractivity contribution >= 4 is 5.91 Å². The molecule has 1 aliphatic heterocycles. The van der Waals surface area contributed by atoms with Gasteiger partial charge >= 0.3 is 0 Å². The minimum absolute atomic E-state index is 0.0853. The van der Waals surface area contributed by atoms with Gasteiger partial charge in [-0.25, -0.2) is 0 Å². The number of carbonyl (C=O) groups excluding carboxylic acids is 1. The second-order valence-corrected chi connectivity index (χ2v) is 5.89. The Balaban J connectivity index is 2.10. The van der Waals surface area contributed by atoms with Gasteiger partial charge in [0.1, 0.15) is 0 Å². The van der Waals surface area contributed by atoms with Crippen LogP contribution in [0.1, 0.15) is 46.5 Å². The molecule has 0 saturated carbocycles. The number of rotatable bonds is 9. The Morgan fingerprint density at radius 1 is 1.26 bits per heavy atom. The normalized spacial score (nSPS) is 19.3. The zero-order chi connectivity index (χ0) is 14.1. The molecule has 4 nitrogen and oxygen atoms in total. The molecule has 2 N–H and O–H groups in total. The molecule has 0 bridgehead atoms. The smallest absolute Gasteiger partial charge is 0.236 e. The van der Waals surface area contributed by atoms with Crippen molar-refractivity contribution in [3.05, 3.63) is 0 Å². The number of likely N-dealkylation sites (tertiary alicyclic amines) is 1. The van der Waals surface area contributed by atoms with Crippen LogP contribution in [0.2, 0.25) is 0 Å². The van der Waals surface area contributed by atoms with Gasteiger partial charge in [-0.1, -0.05) is 20.3 Å². The van der Waals surface area contributed by atoms with E-state index in [-0.39, 0.29) is 11.9 Å². The molecule has 1 amide bonds. The highest BCUT2D eigenvalue weighted by Gasteiger charge is 2.16. The monoisotopic (exact) mass is 269 g/mol. The summed E-state index contributed by atoms with van der Waals surface area (Å²) in [5, 5.41) is 6.31. The third kappa shape index (κ3) is 6.92. The summed E-state index contributed by atoms with van der Waals surface area (Å²) in [6.07, 6.45) is 4.87. The van der Waals surface area contributed by atoms with Crippen LogP contribution in [0, 0.1) is 5.92 Å². The molecular weight excluding hydrogens is 238 g/mol. The molecular formula is C15H31N3O. The lowest BCUT2D eigenvalue weighted by Gasteiger charge is -2.22. The van der Waals surface area contributed by atoms with Gasteiger partial charge in [-0.3, -0.25) is 4.79 Å². The van der Waals surface area contributed by atoms with Gasteiger partial charge in [0, 0.05) is 13.1 Å². The van der Waals surface area contributed by atoms with Gasteiger partial charge in [0.2, 0.25) is 5.91 Å². The van der Waals surface area contributed by atoms with Crippen molar-refractivity contribution in [1.82, 2.24) is 15.5 Å². The van der Waals surface area contributed by atoms with Gasteiger partial charge in [0.15, 0.2) is 0 Å². The van der Waals surface area contributed by atoms with Gasteiger partial charge in [0.05, 0.1) is 6.04 Å². The van der Waals surface area contributed by atoms with Crippen LogP contribution in [-0.4, -0.2) is 49.6 Å². The Morgan fingerprint density at radius 2 is 1.95 bits per heavy atom. The molecule has 0 radical (unpaired) electrons. The lowest BCUT2D eigenvalue weighted by Crippen LogP contribution is -2.44. The van der Waals surface area contributed by atoms with Crippen molar-refractivity contribution in [2.24, 2.45) is 5.92 Å². The van der Waals surface area contributed by atoms with E-state index >= 15 is 0 Å². The van der Waals surface area contributed by atoms with E-state index in [1.807, 2.05) is 6.92 Å². The molecule has 0 spiro atoms. The van der Waals surface area contributed by atoms with Crippen molar-refractivity contribution in [3.63, 3.8) is 0 Å². The molecule has 0 aromatic carbocycles. The third-order valence-corrected chi connectivity index (χ3v) is 3.76. The summed E-state index contributed by atoms with van der Waals surface area (Å²) >= 11 is 0. The molecule has 0 aliphatic carbocycles. The van der Waals surface area contributed by atoms with Crippen LogP contribution in [0.25, 0.3) is 0 Å². The molecule has 1 fully saturated rings. The molecule has 19 heavy (non-hydrogen) atoms. The standard InChI is InChI=1S/C15H31N3O/c1-4-5-8-16-15(19)14(3)17-11-13(2)12-18-9-6-7-10-18/h13-14,17H,4-12H2,1-3H3,(H,16,19). The van der Waals surface area contributed by atoms with E-state index in [9.17, 15) is 4.79 Å². The van der Waals surface area contributed by atoms with Crippen molar-refractivity contribution in [3.8, 4) is 0 Å². The molecule has 2 unspecified atom stereocenters. The fourth-order valence-corrected chi connectivity index (χ4v) is 2.48. The lowest BCUT2D eigenvalue weighted by atomic mass is 10.1. The number of amides is 1. The summed E-state index contributed by atoms with van der Waals surface area (Å²) in [4.78, 5) is 14.3. The van der Waals surface area contributed by atoms with Crippen LogP contribution >= 0.6 is 0 Å². The first-order valence-corrected chi connectivity index (χ1v) is 7.87. The molecule has 2 atom stereocenters. The summed E-state index contributed by atoms with van der Waals surface area (Å²) in [7, 11) is 0. The molecule has 0 aromatic rings. The minimum Gasteiger partial charge on any atom is -0.355 e. The SMILES string of the molecule is CCCCNC(=O)C(C)NCC(C)CN1CCCC1. The van der Waals surface area contributed by atoms with Crippen LogP contribution in [0.4, 0.5) is 0 Å². The Hall–Kier alpha value is -0.610. The zero-order valence-electron chi connectivity index (χ0n) is 12.9. The number of nitrogens with zero attached hydrogens (tertiary/aromatic N) is 1. The molecule has 112 valence electrons. The molecule has 1 saturated heterocycles. The Morgan fingerprint density at radius 3 is 2.58 bits per heavy atom. The zero-order valence-corrected chi connectivity index (χ0v) is 12.9. The van der Waals surface area contributed by atoms with E-state index in [1.54, 1.807) is 0 Å². The third-order valence-electron chi connectivity index (χ3n) is 3.76. The van der Waals surface area contributed by atoms with E-state index in [2.05, 4.69) is 29.4 Å². The van der Waals surface area contributed by atoms with Crippen molar-refractivity contribution in [1.29, 1.82) is 0 Å². The van der Waals surface area contributed by atoms with Crippen LogP contribution in [0.3, 0.4) is 0 Å². The second kappa shape index (κ2) is 9.32. The second-order valence-electron chi connectivity index (χ2n) is 5.89. The van der Waals surface area contributed by atoms with Crippen molar-refractivity contribution in [2.75, 3.05) is 32.7 Å². The fourth-order valence-electron chi connectivity index (χ4n) is 2.48. The number of hydrogen-bond donors (Lipinski definition) is 2. The fraction of sp³-hybridized carbons (Fsp3) is 0.933.